The van der Waals surface area contributed by atoms with Gasteiger partial charge in [-0.25, -0.2) is 4.98 Å². The number of aromatic nitrogens is 1. The van der Waals surface area contributed by atoms with Gasteiger partial charge in [0.05, 0.1) is 10.8 Å². The highest BCUT2D eigenvalue weighted by molar-refractivity contribution is 8.00. The maximum atomic E-state index is 12.5. The average Bonchev–Trinajstić information content (AvgIpc) is 3.15. The molecule has 1 unspecified atom stereocenters. The van der Waals surface area contributed by atoms with Crippen LogP contribution in [0, 0.1) is 4.91 Å². The van der Waals surface area contributed by atoms with E-state index < -0.39 is 11.2 Å². The van der Waals surface area contributed by atoms with Gasteiger partial charge in [-0.05, 0) is 49.1 Å². The summed E-state index contributed by atoms with van der Waals surface area (Å²) in [7, 11) is 0. The number of nitrogens with one attached hydrogen (secondary N) is 1. The third-order valence-corrected chi connectivity index (χ3v) is 6.19. The van der Waals surface area contributed by atoms with Gasteiger partial charge in [0.1, 0.15) is 5.00 Å². The van der Waals surface area contributed by atoms with Crippen molar-refractivity contribution in [2.45, 2.75) is 36.3 Å². The number of thioether (sulfide) groups is 1. The molecule has 3 N–H and O–H groups in total. The summed E-state index contributed by atoms with van der Waals surface area (Å²) in [5, 5.41) is 5.70. The molecule has 2 heterocycles. The van der Waals surface area contributed by atoms with Crippen LogP contribution in [0.2, 0.25) is 0 Å². The van der Waals surface area contributed by atoms with Crippen LogP contribution in [0.3, 0.4) is 0 Å². The molecule has 0 bridgehead atoms. The number of hydrogen-bond donors (Lipinski definition) is 2. The van der Waals surface area contributed by atoms with E-state index in [0.717, 1.165) is 34.6 Å². The standard InChI is InChI=1S/C16H16N4O3S2/c1-8(24-9-5-6-12(20-23)18-7-9)15(22)19-16-13(14(17)21)10-3-2-4-11(10)25-16/h5-8H,2-4H2,1H3,(H2,17,21)(H,19,22). The van der Waals surface area contributed by atoms with Gasteiger partial charge in [-0.15, -0.1) is 28.0 Å². The maximum Gasteiger partial charge on any atom is 0.251 e. The van der Waals surface area contributed by atoms with Gasteiger partial charge in [0.25, 0.3) is 5.91 Å². The van der Waals surface area contributed by atoms with Gasteiger partial charge >= 0.3 is 0 Å². The Balaban J connectivity index is 1.71. The second-order valence-electron chi connectivity index (χ2n) is 5.62. The van der Waals surface area contributed by atoms with Crippen molar-refractivity contribution < 1.29 is 9.59 Å². The van der Waals surface area contributed by atoms with Crippen molar-refractivity contribution in [2.75, 3.05) is 5.32 Å². The lowest BCUT2D eigenvalue weighted by Gasteiger charge is -2.12. The van der Waals surface area contributed by atoms with Crippen molar-refractivity contribution in [3.8, 4) is 0 Å². The highest BCUT2D eigenvalue weighted by atomic mass is 32.2. The Morgan fingerprint density at radius 3 is 2.84 bits per heavy atom. The Morgan fingerprint density at radius 2 is 2.20 bits per heavy atom. The van der Waals surface area contributed by atoms with E-state index >= 15 is 0 Å². The summed E-state index contributed by atoms with van der Waals surface area (Å²) in [5.74, 6) is -0.623. The van der Waals surface area contributed by atoms with Crippen LogP contribution in [0.1, 0.15) is 34.1 Å². The molecule has 130 valence electrons. The van der Waals surface area contributed by atoms with Crippen molar-refractivity contribution in [3.63, 3.8) is 0 Å². The van der Waals surface area contributed by atoms with Crippen LogP contribution in [0.4, 0.5) is 10.8 Å². The number of nitrogens with two attached hydrogens (primary N) is 1. The minimum atomic E-state index is -0.504. The van der Waals surface area contributed by atoms with Crippen LogP contribution >= 0.6 is 23.1 Å². The second kappa shape index (κ2) is 7.32. The predicted octanol–water partition coefficient (Wildman–Crippen LogP) is 3.25. The fourth-order valence-electron chi connectivity index (χ4n) is 2.72. The second-order valence-corrected chi connectivity index (χ2v) is 8.14. The SMILES string of the molecule is CC(Sc1ccc(N=O)nc1)C(=O)Nc1sc2c(c1C(N)=O)CCC2. The van der Waals surface area contributed by atoms with E-state index in [1.165, 1.54) is 35.4 Å². The first-order valence-electron chi connectivity index (χ1n) is 7.71. The first kappa shape index (κ1) is 17.6. The highest BCUT2D eigenvalue weighted by Gasteiger charge is 2.27. The summed E-state index contributed by atoms with van der Waals surface area (Å²) in [4.78, 5) is 40.4. The van der Waals surface area contributed by atoms with Crippen molar-refractivity contribution >= 4 is 45.7 Å². The monoisotopic (exact) mass is 376 g/mol. The lowest BCUT2D eigenvalue weighted by Crippen LogP contribution is -2.24. The Kier molecular flexibility index (Phi) is 5.14. The molecule has 0 saturated heterocycles. The average molecular weight is 376 g/mol. The van der Waals surface area contributed by atoms with Crippen LogP contribution in [-0.2, 0) is 17.6 Å². The minimum Gasteiger partial charge on any atom is -0.365 e. The molecule has 3 rings (SSSR count). The molecule has 2 aromatic rings. The van der Waals surface area contributed by atoms with E-state index in [-0.39, 0.29) is 11.7 Å². The van der Waals surface area contributed by atoms with Gasteiger partial charge in [0.15, 0.2) is 5.82 Å². The van der Waals surface area contributed by atoms with Crippen molar-refractivity contribution in [1.82, 2.24) is 4.98 Å². The third kappa shape index (κ3) is 3.72. The summed E-state index contributed by atoms with van der Waals surface area (Å²) >= 11 is 2.74. The number of carbonyl (C=O) groups excluding carboxylic acids is 2. The van der Waals surface area contributed by atoms with Crippen molar-refractivity contribution in [2.24, 2.45) is 10.9 Å². The fraction of sp³-hybridized carbons (Fsp3) is 0.312. The molecule has 1 aliphatic carbocycles. The molecule has 0 aromatic carbocycles. The topological polar surface area (TPSA) is 115 Å². The number of primary amides is 1. The van der Waals surface area contributed by atoms with E-state index in [1.54, 1.807) is 13.0 Å². The quantitative estimate of drug-likeness (QED) is 0.593. The van der Waals surface area contributed by atoms with Crippen LogP contribution < -0.4 is 11.1 Å². The van der Waals surface area contributed by atoms with Gasteiger partial charge in [0, 0.05) is 16.0 Å². The number of rotatable bonds is 6. The van der Waals surface area contributed by atoms with Gasteiger partial charge < -0.3 is 11.1 Å². The number of fused-ring (bicyclic) bond motifs is 1. The molecular formula is C16H16N4O3S2. The summed E-state index contributed by atoms with van der Waals surface area (Å²) < 4.78 is 0. The number of carbonyl (C=O) groups is 2. The zero-order valence-corrected chi connectivity index (χ0v) is 15.1. The Labute approximate surface area is 152 Å². The van der Waals surface area contributed by atoms with E-state index in [2.05, 4.69) is 15.5 Å². The highest BCUT2D eigenvalue weighted by Crippen LogP contribution is 2.39. The normalized spacial score (nSPS) is 14.0. The van der Waals surface area contributed by atoms with Crippen LogP contribution in [0.15, 0.2) is 28.4 Å². The predicted molar refractivity (Wildman–Crippen MR) is 98.5 cm³/mol. The van der Waals surface area contributed by atoms with Gasteiger partial charge in [0.2, 0.25) is 5.91 Å². The Bertz CT molecular complexity index is 833. The largest absolute Gasteiger partial charge is 0.365 e. The number of hydrogen-bond acceptors (Lipinski definition) is 7. The Morgan fingerprint density at radius 1 is 1.40 bits per heavy atom. The first-order chi connectivity index (χ1) is 12.0. The van der Waals surface area contributed by atoms with Crippen LogP contribution in [-0.4, -0.2) is 22.0 Å². The number of amides is 2. The number of anilines is 1. The molecule has 9 heteroatoms. The molecule has 1 atom stereocenters. The Hall–Kier alpha value is -2.26. The number of nitrogens with zero attached hydrogens (tertiary/aromatic N) is 2. The zero-order chi connectivity index (χ0) is 18.0. The summed E-state index contributed by atoms with van der Waals surface area (Å²) in [5.41, 5.74) is 6.93. The van der Waals surface area contributed by atoms with Gasteiger partial charge in [-0.3, -0.25) is 9.59 Å². The molecule has 0 saturated carbocycles. The number of nitroso groups, excluding NO2 is 1. The zero-order valence-electron chi connectivity index (χ0n) is 13.4. The van der Waals surface area contributed by atoms with E-state index in [9.17, 15) is 14.5 Å². The summed E-state index contributed by atoms with van der Waals surface area (Å²) in [6.45, 7) is 1.76. The lowest BCUT2D eigenvalue weighted by molar-refractivity contribution is -0.115. The van der Waals surface area contributed by atoms with E-state index in [4.69, 9.17) is 5.73 Å². The molecule has 25 heavy (non-hydrogen) atoms. The fourth-order valence-corrected chi connectivity index (χ4v) is 4.85. The molecular weight excluding hydrogens is 360 g/mol. The molecule has 7 nitrogen and oxygen atoms in total. The summed E-state index contributed by atoms with van der Waals surface area (Å²) in [6.07, 6.45) is 4.26. The maximum absolute atomic E-state index is 12.5. The number of pyridine rings is 1. The van der Waals surface area contributed by atoms with E-state index in [1.807, 2.05) is 0 Å². The van der Waals surface area contributed by atoms with Crippen LogP contribution in [0.25, 0.3) is 0 Å². The smallest absolute Gasteiger partial charge is 0.251 e. The van der Waals surface area contributed by atoms with Crippen molar-refractivity contribution in [1.29, 1.82) is 0 Å². The molecule has 0 aliphatic heterocycles. The molecule has 0 fully saturated rings. The number of thiophene rings is 1. The van der Waals surface area contributed by atoms with Crippen LogP contribution in [0.5, 0.6) is 0 Å². The molecule has 0 spiro atoms. The molecule has 2 aromatic heterocycles. The minimum absolute atomic E-state index is 0.0978. The van der Waals surface area contributed by atoms with Gasteiger partial charge in [-0.1, -0.05) is 0 Å². The molecule has 0 radical (unpaired) electrons. The third-order valence-electron chi connectivity index (χ3n) is 3.90. The number of aryl methyl sites for hydroxylation is 1. The first-order valence-corrected chi connectivity index (χ1v) is 9.40. The van der Waals surface area contributed by atoms with Crippen molar-refractivity contribution in [3.05, 3.63) is 39.2 Å². The lowest BCUT2D eigenvalue weighted by atomic mass is 10.1. The molecule has 2 amide bonds. The summed E-state index contributed by atoms with van der Waals surface area (Å²) in [6, 6.07) is 3.18. The van der Waals surface area contributed by atoms with E-state index in [0.29, 0.717) is 10.6 Å². The molecule has 1 aliphatic rings. The van der Waals surface area contributed by atoms with Gasteiger partial charge in [-0.2, -0.15) is 0 Å².